The van der Waals surface area contributed by atoms with Crippen LogP contribution >= 0.6 is 9.24 Å². The number of anilines is 1. The van der Waals surface area contributed by atoms with Gasteiger partial charge in [-0.2, -0.15) is 0 Å². The first-order valence-electron chi connectivity index (χ1n) is 13.8. The normalized spacial score (nSPS) is 19.8. The number of aromatic nitrogens is 1. The van der Waals surface area contributed by atoms with Gasteiger partial charge in [0.1, 0.15) is 18.3 Å². The number of rotatable bonds is 9. The number of sulfone groups is 1. The molecule has 1 fully saturated rings. The second-order valence-electron chi connectivity index (χ2n) is 11.2. The van der Waals surface area contributed by atoms with E-state index in [9.17, 15) is 12.8 Å². The summed E-state index contributed by atoms with van der Waals surface area (Å²) in [7, 11) is 6.90. The Hall–Kier alpha value is -2.53. The van der Waals surface area contributed by atoms with E-state index in [0.29, 0.717) is 23.5 Å². The molecule has 2 aliphatic rings. The van der Waals surface area contributed by atoms with E-state index in [-0.39, 0.29) is 18.0 Å². The van der Waals surface area contributed by atoms with Gasteiger partial charge in [-0.15, -0.1) is 0 Å². The van der Waals surface area contributed by atoms with Crippen molar-refractivity contribution in [2.45, 2.75) is 68.0 Å². The summed E-state index contributed by atoms with van der Waals surface area (Å²) in [5.41, 5.74) is 2.64. The molecule has 1 aromatic carbocycles. The molecule has 2 atom stereocenters. The van der Waals surface area contributed by atoms with Gasteiger partial charge >= 0.3 is 0 Å². The maximum Gasteiger partial charge on any atom is 0.175 e. The van der Waals surface area contributed by atoms with E-state index in [1.165, 1.54) is 30.9 Å². The lowest BCUT2D eigenvalue weighted by molar-refractivity contribution is 0.210. The summed E-state index contributed by atoms with van der Waals surface area (Å²) < 4.78 is 46.1. The summed E-state index contributed by atoms with van der Waals surface area (Å²) in [5, 5.41) is 5.97. The molecule has 1 aromatic heterocycles. The van der Waals surface area contributed by atoms with Crippen LogP contribution in [0, 0.1) is 11.8 Å². The summed E-state index contributed by atoms with van der Waals surface area (Å²) in [5.74, 6) is 5.76. The predicted octanol–water partition coefficient (Wildman–Crippen LogP) is 2.70. The molecule has 2 aliphatic carbocycles. The average molecular weight is 589 g/mol. The molecule has 1 saturated carbocycles. The van der Waals surface area contributed by atoms with Crippen molar-refractivity contribution in [1.82, 2.24) is 14.8 Å². The van der Waals surface area contributed by atoms with E-state index in [1.807, 2.05) is 23.6 Å². The van der Waals surface area contributed by atoms with Crippen molar-refractivity contribution in [3.05, 3.63) is 40.5 Å². The van der Waals surface area contributed by atoms with Crippen LogP contribution in [0.4, 0.5) is 10.1 Å². The highest BCUT2D eigenvalue weighted by Crippen LogP contribution is 2.30. The lowest BCUT2D eigenvalue weighted by Crippen LogP contribution is -2.43. The summed E-state index contributed by atoms with van der Waals surface area (Å²) in [6, 6.07) is 7.98. The second-order valence-corrected chi connectivity index (χ2v) is 13.9. The molecule has 0 amide bonds. The van der Waals surface area contributed by atoms with Crippen molar-refractivity contribution in [3.63, 3.8) is 0 Å². The summed E-state index contributed by atoms with van der Waals surface area (Å²) in [6.07, 6.45) is 9.90. The topological polar surface area (TPSA) is 66.8 Å². The highest BCUT2D eigenvalue weighted by atomic mass is 32.2. The van der Waals surface area contributed by atoms with E-state index < -0.39 is 15.8 Å². The summed E-state index contributed by atoms with van der Waals surface area (Å²) >= 11 is 0. The number of nitrogens with zero attached hydrogens (tertiary/aromatic N) is 3. The van der Waals surface area contributed by atoms with Gasteiger partial charge in [0.2, 0.25) is 0 Å². The number of fused-ring (bicyclic) bond motifs is 1. The van der Waals surface area contributed by atoms with E-state index in [0.717, 1.165) is 41.9 Å². The molecule has 2 aromatic rings. The second kappa shape index (κ2) is 13.0. The Morgan fingerprint density at radius 1 is 1.18 bits per heavy atom. The van der Waals surface area contributed by atoms with Gasteiger partial charge in [-0.1, -0.05) is 21.2 Å². The van der Waals surface area contributed by atoms with Gasteiger partial charge < -0.3 is 24.4 Å². The number of hydrogen-bond donors (Lipinski definition) is 1. The van der Waals surface area contributed by atoms with Gasteiger partial charge in [-0.3, -0.25) is 0 Å². The zero-order valence-electron chi connectivity index (χ0n) is 24.2. The third-order valence-corrected chi connectivity index (χ3v) is 9.04. The Morgan fingerprint density at radius 2 is 1.90 bits per heavy atom. The van der Waals surface area contributed by atoms with Crippen LogP contribution < -0.4 is 25.5 Å². The predicted molar refractivity (Wildman–Crippen MR) is 165 cm³/mol. The molecule has 4 rings (SSSR count). The quantitative estimate of drug-likeness (QED) is 0.359. The van der Waals surface area contributed by atoms with Crippen LogP contribution in [-0.2, 0) is 16.4 Å². The first kappa shape index (κ1) is 30.4. The number of hydrogen-bond acceptors (Lipinski definition) is 6. The zero-order chi connectivity index (χ0) is 29.0. The van der Waals surface area contributed by atoms with Crippen LogP contribution in [0.3, 0.4) is 0 Å². The van der Waals surface area contributed by atoms with Crippen LogP contribution in [0.25, 0.3) is 11.8 Å². The molecular weight excluding hydrogens is 546 g/mol. The fourth-order valence-corrected chi connectivity index (χ4v) is 6.41. The molecule has 218 valence electrons. The molecule has 0 radical (unpaired) electrons. The van der Waals surface area contributed by atoms with Gasteiger partial charge in [0, 0.05) is 48.7 Å². The fraction of sp³-hybridized carbons (Fsp3) is 0.533. The smallest absolute Gasteiger partial charge is 0.175 e. The lowest BCUT2D eigenvalue weighted by atomic mass is 9.90. The standard InChI is InChI=1S/C30H42FN4O3PS/c1-33(2)22-13-11-21(12-14-22)32-26-9-6-10-27-25(26)18-23(35(27)20-30(31)39)8-7-17-38-29-16-15-24(40(5,36)37)19-28(29)34(3)4/h10,15-16,18-19,21-22,30,32H,6,9,11-14,17,20,39H2,1-5H3. The van der Waals surface area contributed by atoms with E-state index >= 15 is 0 Å². The molecule has 2 unspecified atom stereocenters. The van der Waals surface area contributed by atoms with Crippen molar-refractivity contribution in [2.75, 3.05) is 46.0 Å². The molecule has 0 aliphatic heterocycles. The Labute approximate surface area is 240 Å². The molecule has 10 heteroatoms. The monoisotopic (exact) mass is 588 g/mol. The minimum atomic E-state index is -3.33. The Bertz CT molecular complexity index is 1500. The minimum absolute atomic E-state index is 0.114. The van der Waals surface area contributed by atoms with Crippen molar-refractivity contribution < 1.29 is 17.5 Å². The van der Waals surface area contributed by atoms with Crippen LogP contribution in [0.5, 0.6) is 5.75 Å². The Balaban J connectivity index is 1.57. The van der Waals surface area contributed by atoms with Gasteiger partial charge in [-0.05, 0) is 82.8 Å². The number of alkyl halides is 1. The maximum atomic E-state index is 14.2. The summed E-state index contributed by atoms with van der Waals surface area (Å²) in [6.45, 7) is 0.322. The molecule has 1 N–H and O–H groups in total. The largest absolute Gasteiger partial charge is 0.479 e. The molecule has 0 saturated heterocycles. The highest BCUT2D eigenvalue weighted by Gasteiger charge is 2.23. The Kier molecular flexibility index (Phi) is 9.87. The van der Waals surface area contributed by atoms with Crippen molar-refractivity contribution in [2.24, 2.45) is 0 Å². The molecule has 7 nitrogen and oxygen atoms in total. The van der Waals surface area contributed by atoms with Crippen LogP contribution in [0.15, 0.2) is 29.2 Å². The zero-order valence-corrected chi connectivity index (χ0v) is 26.2. The number of benzene rings is 1. The van der Waals surface area contributed by atoms with E-state index in [4.69, 9.17) is 4.74 Å². The fourth-order valence-electron chi connectivity index (χ4n) is 5.56. The van der Waals surface area contributed by atoms with Gasteiger partial charge in [-0.25, -0.2) is 12.8 Å². The van der Waals surface area contributed by atoms with Crippen molar-refractivity contribution in [1.29, 1.82) is 0 Å². The molecular formula is C30H42FN4O3PS. The number of nitrogens with one attached hydrogen (secondary N) is 1. The van der Waals surface area contributed by atoms with E-state index in [1.54, 1.807) is 12.1 Å². The van der Waals surface area contributed by atoms with E-state index in [2.05, 4.69) is 57.5 Å². The molecule has 40 heavy (non-hydrogen) atoms. The minimum Gasteiger partial charge on any atom is -0.479 e. The summed E-state index contributed by atoms with van der Waals surface area (Å²) in [4.78, 5) is 4.37. The number of ether oxygens (including phenoxy) is 1. The van der Waals surface area contributed by atoms with Gasteiger partial charge in [0.25, 0.3) is 0 Å². The SMILES string of the molecule is CN(C)c1cc(S(C)(=O)=O)ccc1OCC#Cc1cc2c(n1CC(F)P)=CCCC=2NC1CCC(N(C)C)CC1. The van der Waals surface area contributed by atoms with Gasteiger partial charge in [0.05, 0.1) is 22.8 Å². The van der Waals surface area contributed by atoms with Gasteiger partial charge in [0.15, 0.2) is 9.84 Å². The number of halogens is 1. The first-order chi connectivity index (χ1) is 18.9. The first-order valence-corrected chi connectivity index (χ1v) is 16.4. The Morgan fingerprint density at radius 3 is 2.52 bits per heavy atom. The molecule has 1 heterocycles. The average Bonchev–Trinajstić information content (AvgIpc) is 3.23. The lowest BCUT2D eigenvalue weighted by Gasteiger charge is -2.34. The molecule has 0 bridgehead atoms. The third-order valence-electron chi connectivity index (χ3n) is 7.71. The molecule has 0 spiro atoms. The van der Waals surface area contributed by atoms with Crippen LogP contribution in [0.1, 0.15) is 44.2 Å². The highest BCUT2D eigenvalue weighted by molar-refractivity contribution is 7.90. The van der Waals surface area contributed by atoms with Crippen LogP contribution in [0.2, 0.25) is 0 Å². The van der Waals surface area contributed by atoms with Crippen LogP contribution in [-0.4, -0.2) is 76.9 Å². The van der Waals surface area contributed by atoms with Crippen molar-refractivity contribution in [3.8, 4) is 17.6 Å². The third kappa shape index (κ3) is 7.40. The maximum absolute atomic E-state index is 14.2. The van der Waals surface area contributed by atoms with Crippen molar-refractivity contribution >= 4 is 36.5 Å².